The lowest BCUT2D eigenvalue weighted by atomic mass is 10.1. The van der Waals surface area contributed by atoms with Gasteiger partial charge in [-0.1, -0.05) is 16.8 Å². The predicted molar refractivity (Wildman–Crippen MR) is 88.9 cm³/mol. The molecule has 6 heteroatoms. The molecule has 4 rings (SSSR count). The third kappa shape index (κ3) is 2.73. The highest BCUT2D eigenvalue weighted by molar-refractivity contribution is 5.85. The molecule has 1 atom stereocenters. The smallest absolute Gasteiger partial charge is 0.256 e. The molecule has 0 aliphatic carbocycles. The lowest BCUT2D eigenvalue weighted by Crippen LogP contribution is -1.99. The first-order valence-electron chi connectivity index (χ1n) is 8.24. The summed E-state index contributed by atoms with van der Waals surface area (Å²) in [7, 11) is 0. The lowest BCUT2D eigenvalue weighted by molar-refractivity contribution is 0.0835. The molecule has 1 aromatic carbocycles. The van der Waals surface area contributed by atoms with E-state index in [-0.39, 0.29) is 6.10 Å². The number of aromatic nitrogens is 3. The highest BCUT2D eigenvalue weighted by Crippen LogP contribution is 2.33. The molecule has 0 saturated carbocycles. The van der Waals surface area contributed by atoms with Crippen molar-refractivity contribution in [1.29, 1.82) is 0 Å². The van der Waals surface area contributed by atoms with E-state index in [9.17, 15) is 0 Å². The molecule has 1 unspecified atom stereocenters. The van der Waals surface area contributed by atoms with Crippen molar-refractivity contribution in [2.45, 2.75) is 32.8 Å². The van der Waals surface area contributed by atoms with Gasteiger partial charge in [-0.3, -0.25) is 0 Å². The molecule has 0 amide bonds. The third-order valence-electron chi connectivity index (χ3n) is 4.10. The number of ether oxygens (including phenoxy) is 2. The maximum absolute atomic E-state index is 5.70. The van der Waals surface area contributed by atoms with Crippen LogP contribution in [0.1, 0.15) is 37.3 Å². The van der Waals surface area contributed by atoms with E-state index in [0.717, 1.165) is 35.9 Å². The third-order valence-corrected chi connectivity index (χ3v) is 4.10. The molecule has 24 heavy (non-hydrogen) atoms. The zero-order valence-corrected chi connectivity index (χ0v) is 13.8. The van der Waals surface area contributed by atoms with Crippen LogP contribution >= 0.6 is 0 Å². The molecule has 124 valence electrons. The minimum Gasteiger partial charge on any atom is -0.477 e. The van der Waals surface area contributed by atoms with Crippen LogP contribution in [0, 0.1) is 6.92 Å². The molecular formula is C18H19N3O3. The number of aryl methyl sites for hydroxylation is 1. The molecule has 6 nitrogen and oxygen atoms in total. The van der Waals surface area contributed by atoms with E-state index in [4.69, 9.17) is 14.0 Å². The summed E-state index contributed by atoms with van der Waals surface area (Å²) in [6, 6.07) is 8.12. The van der Waals surface area contributed by atoms with Crippen LogP contribution in [0.4, 0.5) is 0 Å². The fourth-order valence-electron chi connectivity index (χ4n) is 2.93. The van der Waals surface area contributed by atoms with Gasteiger partial charge in [0.05, 0.1) is 17.7 Å². The summed E-state index contributed by atoms with van der Waals surface area (Å²) in [5.74, 6) is 1.53. The van der Waals surface area contributed by atoms with Crippen LogP contribution in [0.15, 0.2) is 28.8 Å². The van der Waals surface area contributed by atoms with Crippen molar-refractivity contribution < 1.29 is 14.0 Å². The molecule has 3 aromatic rings. The van der Waals surface area contributed by atoms with Gasteiger partial charge in [-0.25, -0.2) is 4.98 Å². The summed E-state index contributed by atoms with van der Waals surface area (Å²) in [6.45, 7) is 5.25. The highest BCUT2D eigenvalue weighted by atomic mass is 16.5. The van der Waals surface area contributed by atoms with Crippen molar-refractivity contribution in [2.75, 3.05) is 13.2 Å². The van der Waals surface area contributed by atoms with Gasteiger partial charge in [-0.15, -0.1) is 0 Å². The standard InChI is InChI=1S/C18H19N3O3/c1-3-22-17-13(10-12-9-11(2)6-7-14(12)19-17)16-20-18(24-21-16)15-5-4-8-23-15/h6-7,9-10,15H,3-5,8H2,1-2H3. The Morgan fingerprint density at radius 3 is 2.96 bits per heavy atom. The molecule has 1 aliphatic rings. The van der Waals surface area contributed by atoms with Gasteiger partial charge in [0.25, 0.3) is 5.89 Å². The summed E-state index contributed by atoms with van der Waals surface area (Å²) in [6.07, 6.45) is 1.83. The largest absolute Gasteiger partial charge is 0.477 e. The lowest BCUT2D eigenvalue weighted by Gasteiger charge is -2.08. The Balaban J connectivity index is 1.80. The zero-order chi connectivity index (χ0) is 16.5. The van der Waals surface area contributed by atoms with E-state index in [2.05, 4.69) is 28.1 Å². The summed E-state index contributed by atoms with van der Waals surface area (Å²) < 4.78 is 16.7. The van der Waals surface area contributed by atoms with Gasteiger partial charge in [0, 0.05) is 12.0 Å². The summed E-state index contributed by atoms with van der Waals surface area (Å²) in [5, 5.41) is 5.14. The number of nitrogens with zero attached hydrogens (tertiary/aromatic N) is 3. The Morgan fingerprint density at radius 2 is 2.17 bits per heavy atom. The number of benzene rings is 1. The maximum Gasteiger partial charge on any atom is 0.256 e. The molecule has 0 bridgehead atoms. The second kappa shape index (κ2) is 6.20. The Hall–Kier alpha value is -2.47. The van der Waals surface area contributed by atoms with Crippen molar-refractivity contribution in [1.82, 2.24) is 15.1 Å². The van der Waals surface area contributed by atoms with Crippen molar-refractivity contribution in [3.05, 3.63) is 35.7 Å². The van der Waals surface area contributed by atoms with Gasteiger partial charge >= 0.3 is 0 Å². The van der Waals surface area contributed by atoms with E-state index < -0.39 is 0 Å². The van der Waals surface area contributed by atoms with Gasteiger partial charge in [-0.05, 0) is 44.9 Å². The fraction of sp³-hybridized carbons (Fsp3) is 0.389. The van der Waals surface area contributed by atoms with Crippen LogP contribution in [0.3, 0.4) is 0 Å². The van der Waals surface area contributed by atoms with Gasteiger partial charge in [0.15, 0.2) is 0 Å². The first-order chi connectivity index (χ1) is 11.7. The van der Waals surface area contributed by atoms with Gasteiger partial charge in [-0.2, -0.15) is 4.98 Å². The minimum absolute atomic E-state index is 0.0996. The molecule has 2 aromatic heterocycles. The van der Waals surface area contributed by atoms with Crippen LogP contribution in [0.2, 0.25) is 0 Å². The molecule has 1 aliphatic heterocycles. The Labute approximate surface area is 139 Å². The fourth-order valence-corrected chi connectivity index (χ4v) is 2.93. The Morgan fingerprint density at radius 1 is 1.25 bits per heavy atom. The Kier molecular flexibility index (Phi) is 3.90. The molecule has 1 fully saturated rings. The van der Waals surface area contributed by atoms with Crippen LogP contribution in [-0.2, 0) is 4.74 Å². The van der Waals surface area contributed by atoms with Gasteiger partial charge in [0.1, 0.15) is 6.10 Å². The monoisotopic (exact) mass is 325 g/mol. The minimum atomic E-state index is -0.0996. The SMILES string of the molecule is CCOc1nc2ccc(C)cc2cc1-c1noc(C2CCCO2)n1. The zero-order valence-electron chi connectivity index (χ0n) is 13.8. The summed E-state index contributed by atoms with van der Waals surface area (Å²) in [5.41, 5.74) is 2.80. The van der Waals surface area contributed by atoms with Gasteiger partial charge in [0.2, 0.25) is 11.7 Å². The molecule has 1 saturated heterocycles. The molecular weight excluding hydrogens is 306 g/mol. The van der Waals surface area contributed by atoms with Crippen molar-refractivity contribution in [3.8, 4) is 17.3 Å². The normalized spacial score (nSPS) is 17.5. The molecule has 0 N–H and O–H groups in total. The van der Waals surface area contributed by atoms with E-state index >= 15 is 0 Å². The molecule has 0 radical (unpaired) electrons. The number of hydrogen-bond acceptors (Lipinski definition) is 6. The van der Waals surface area contributed by atoms with E-state index in [1.807, 2.05) is 25.1 Å². The quantitative estimate of drug-likeness (QED) is 0.726. The van der Waals surface area contributed by atoms with E-state index in [1.54, 1.807) is 0 Å². The first-order valence-corrected chi connectivity index (χ1v) is 8.24. The van der Waals surface area contributed by atoms with E-state index in [1.165, 1.54) is 5.56 Å². The summed E-state index contributed by atoms with van der Waals surface area (Å²) in [4.78, 5) is 9.13. The molecule has 0 spiro atoms. The van der Waals surface area contributed by atoms with Crippen LogP contribution < -0.4 is 4.74 Å². The van der Waals surface area contributed by atoms with Crippen molar-refractivity contribution >= 4 is 10.9 Å². The number of fused-ring (bicyclic) bond motifs is 1. The van der Waals surface area contributed by atoms with Crippen LogP contribution in [0.5, 0.6) is 5.88 Å². The molecule has 3 heterocycles. The summed E-state index contributed by atoms with van der Waals surface area (Å²) >= 11 is 0. The van der Waals surface area contributed by atoms with Crippen molar-refractivity contribution in [3.63, 3.8) is 0 Å². The second-order valence-corrected chi connectivity index (χ2v) is 5.93. The number of hydrogen-bond donors (Lipinski definition) is 0. The number of pyridine rings is 1. The number of rotatable bonds is 4. The maximum atomic E-state index is 5.70. The van der Waals surface area contributed by atoms with Gasteiger partial charge < -0.3 is 14.0 Å². The van der Waals surface area contributed by atoms with Crippen molar-refractivity contribution in [2.24, 2.45) is 0 Å². The van der Waals surface area contributed by atoms with E-state index in [0.29, 0.717) is 24.2 Å². The Bertz CT molecular complexity index is 869. The first kappa shape index (κ1) is 15.1. The predicted octanol–water partition coefficient (Wildman–Crippen LogP) is 3.84. The highest BCUT2D eigenvalue weighted by Gasteiger charge is 2.25. The van der Waals surface area contributed by atoms with Crippen LogP contribution in [0.25, 0.3) is 22.3 Å². The average molecular weight is 325 g/mol. The average Bonchev–Trinajstić information content (AvgIpc) is 3.26. The second-order valence-electron chi connectivity index (χ2n) is 5.93. The topological polar surface area (TPSA) is 70.3 Å². The van der Waals surface area contributed by atoms with Crippen LogP contribution in [-0.4, -0.2) is 28.3 Å².